The second kappa shape index (κ2) is 13.3. The first-order valence-electron chi connectivity index (χ1n) is 16.2. The monoisotopic (exact) mass is 685 g/mol. The van der Waals surface area contributed by atoms with E-state index in [4.69, 9.17) is 14.6 Å². The van der Waals surface area contributed by atoms with Crippen LogP contribution >= 0.6 is 0 Å². The number of hydrogen-bond acceptors (Lipinski definition) is 8. The molecule has 3 aromatic heterocycles. The van der Waals surface area contributed by atoms with Crippen molar-refractivity contribution >= 4 is 34.4 Å². The topological polar surface area (TPSA) is 124 Å². The molecule has 0 unspecified atom stereocenters. The van der Waals surface area contributed by atoms with E-state index in [2.05, 4.69) is 20.6 Å². The fraction of sp³-hybridized carbons (Fsp3) is 0.306. The Kier molecular flexibility index (Phi) is 8.76. The fourth-order valence-corrected chi connectivity index (χ4v) is 6.79. The second-order valence-corrected chi connectivity index (χ2v) is 12.3. The molecule has 258 valence electrons. The zero-order valence-electron chi connectivity index (χ0n) is 27.3. The average Bonchev–Trinajstić information content (AvgIpc) is 3.71. The number of pyridine rings is 2. The van der Waals surface area contributed by atoms with Crippen LogP contribution in [0.25, 0.3) is 16.6 Å². The lowest BCUT2D eigenvalue weighted by Gasteiger charge is -2.34. The predicted octanol–water partition coefficient (Wildman–Crippen LogP) is 6.58. The molecule has 0 spiro atoms. The molecule has 2 atom stereocenters. The summed E-state index contributed by atoms with van der Waals surface area (Å²) in [5.41, 5.74) is 2.40. The molecule has 2 saturated heterocycles. The zero-order chi connectivity index (χ0) is 35.0. The summed E-state index contributed by atoms with van der Waals surface area (Å²) in [6.07, 6.45) is 1.41. The SMILES string of the molecule is COc1ccc(CNc2nccc3c([C@@H]4CC[C@H]5CCC(=O)N5C4)nn(-c4ccc(C(=O)Nc5cc(C(F)(F)F)ccn5)cc4)c23)c(OC)c1. The van der Waals surface area contributed by atoms with Crippen LogP contribution in [0.4, 0.5) is 24.8 Å². The van der Waals surface area contributed by atoms with Crippen LogP contribution in [0.15, 0.2) is 73.1 Å². The lowest BCUT2D eigenvalue weighted by atomic mass is 9.89. The molecule has 2 fully saturated rings. The molecular weight excluding hydrogens is 651 g/mol. The number of ether oxygens (including phenoxy) is 2. The normalized spacial score (nSPS) is 17.5. The summed E-state index contributed by atoms with van der Waals surface area (Å²) >= 11 is 0. The summed E-state index contributed by atoms with van der Waals surface area (Å²) in [5, 5.41) is 11.9. The van der Waals surface area contributed by atoms with Gasteiger partial charge in [-0.25, -0.2) is 14.6 Å². The van der Waals surface area contributed by atoms with Gasteiger partial charge in [0.2, 0.25) is 5.91 Å². The fourth-order valence-electron chi connectivity index (χ4n) is 6.79. The minimum Gasteiger partial charge on any atom is -0.497 e. The summed E-state index contributed by atoms with van der Waals surface area (Å²) in [4.78, 5) is 36.2. The number of carbonyl (C=O) groups excluding carboxylic acids is 2. The molecule has 11 nitrogen and oxygen atoms in total. The number of nitrogens with one attached hydrogen (secondary N) is 2. The summed E-state index contributed by atoms with van der Waals surface area (Å²) in [7, 11) is 3.19. The molecule has 50 heavy (non-hydrogen) atoms. The number of fused-ring (bicyclic) bond motifs is 2. The van der Waals surface area contributed by atoms with Crippen molar-refractivity contribution in [3.8, 4) is 17.2 Å². The number of nitrogens with zero attached hydrogens (tertiary/aromatic N) is 5. The van der Waals surface area contributed by atoms with Gasteiger partial charge in [-0.15, -0.1) is 0 Å². The number of amides is 2. The summed E-state index contributed by atoms with van der Waals surface area (Å²) in [5.74, 6) is 1.26. The molecule has 2 aliphatic rings. The van der Waals surface area contributed by atoms with Crippen LogP contribution in [0.1, 0.15) is 58.8 Å². The number of rotatable bonds is 9. The summed E-state index contributed by atoms with van der Waals surface area (Å²) in [6, 6.07) is 16.0. The Bertz CT molecular complexity index is 2070. The van der Waals surface area contributed by atoms with Crippen LogP contribution in [0.5, 0.6) is 11.5 Å². The number of carbonyl (C=O) groups is 2. The van der Waals surface area contributed by atoms with Crippen LogP contribution in [0.2, 0.25) is 0 Å². The first-order chi connectivity index (χ1) is 24.1. The molecule has 7 rings (SSSR count). The average molecular weight is 686 g/mol. The van der Waals surface area contributed by atoms with E-state index in [1.807, 2.05) is 29.2 Å². The van der Waals surface area contributed by atoms with Gasteiger partial charge in [-0.3, -0.25) is 9.59 Å². The Morgan fingerprint density at radius 1 is 0.960 bits per heavy atom. The molecule has 0 radical (unpaired) electrons. The quantitative estimate of drug-likeness (QED) is 0.178. The maximum atomic E-state index is 13.2. The lowest BCUT2D eigenvalue weighted by Crippen LogP contribution is -2.40. The Hall–Kier alpha value is -5.66. The second-order valence-electron chi connectivity index (χ2n) is 12.3. The minimum absolute atomic E-state index is 0.0130. The highest BCUT2D eigenvalue weighted by Crippen LogP contribution is 2.39. The van der Waals surface area contributed by atoms with E-state index < -0.39 is 17.6 Å². The number of hydrogen-bond donors (Lipinski definition) is 2. The van der Waals surface area contributed by atoms with Gasteiger partial charge in [0.25, 0.3) is 5.91 Å². The Labute approximate surface area is 285 Å². The number of methoxy groups -OCH3 is 2. The van der Waals surface area contributed by atoms with Gasteiger partial charge in [0.1, 0.15) is 22.8 Å². The van der Waals surface area contributed by atoms with E-state index in [9.17, 15) is 22.8 Å². The molecule has 2 aliphatic heterocycles. The first-order valence-corrected chi connectivity index (χ1v) is 16.2. The number of anilines is 2. The molecule has 0 aliphatic carbocycles. The van der Waals surface area contributed by atoms with E-state index >= 15 is 0 Å². The number of benzene rings is 2. The van der Waals surface area contributed by atoms with Crippen molar-refractivity contribution in [3.05, 3.63) is 95.4 Å². The van der Waals surface area contributed by atoms with Crippen molar-refractivity contribution in [3.63, 3.8) is 0 Å². The van der Waals surface area contributed by atoms with Gasteiger partial charge in [0.05, 0.1) is 31.2 Å². The number of piperidine rings is 1. The van der Waals surface area contributed by atoms with Gasteiger partial charge in [-0.05, 0) is 73.9 Å². The standard InChI is InChI=1S/C36H34F3N7O4/c1-49-27-11-6-22(29(18-27)50-2)19-42-34-33-28(14-16-41-34)32(23-5-7-25-10-12-31(47)45(25)20-23)44-46(33)26-8-3-21(4-9-26)35(48)43-30-17-24(13-15-40-30)36(37,38)39/h3-4,6,8-9,11,13-18,23,25H,5,7,10,12,19-20H2,1-2H3,(H,41,42)(H,40,43,48)/t23-,25+/m1/s1. The van der Waals surface area contributed by atoms with Crippen LogP contribution in [-0.4, -0.2) is 63.3 Å². The smallest absolute Gasteiger partial charge is 0.416 e. The molecule has 2 amide bonds. The van der Waals surface area contributed by atoms with E-state index in [0.29, 0.717) is 42.5 Å². The van der Waals surface area contributed by atoms with E-state index in [1.165, 1.54) is 0 Å². The Morgan fingerprint density at radius 2 is 1.76 bits per heavy atom. The molecular formula is C36H34F3N7O4. The highest BCUT2D eigenvalue weighted by Gasteiger charge is 2.38. The number of halogens is 3. The maximum Gasteiger partial charge on any atom is 0.416 e. The molecule has 0 bridgehead atoms. The Balaban J connectivity index is 1.22. The van der Waals surface area contributed by atoms with Crippen LogP contribution in [0, 0.1) is 0 Å². The molecule has 5 aromatic rings. The molecule has 5 heterocycles. The van der Waals surface area contributed by atoms with Crippen molar-refractivity contribution in [1.82, 2.24) is 24.6 Å². The van der Waals surface area contributed by atoms with Crippen molar-refractivity contribution in [2.75, 3.05) is 31.4 Å². The minimum atomic E-state index is -4.57. The molecule has 14 heteroatoms. The largest absolute Gasteiger partial charge is 0.497 e. The zero-order valence-corrected chi connectivity index (χ0v) is 27.3. The first kappa shape index (κ1) is 32.9. The van der Waals surface area contributed by atoms with Crippen LogP contribution < -0.4 is 20.1 Å². The molecule has 0 saturated carbocycles. The van der Waals surface area contributed by atoms with Crippen LogP contribution in [0.3, 0.4) is 0 Å². The number of aromatic nitrogens is 4. The third-order valence-corrected chi connectivity index (χ3v) is 9.37. The third kappa shape index (κ3) is 6.40. The van der Waals surface area contributed by atoms with Crippen molar-refractivity contribution < 1.29 is 32.2 Å². The van der Waals surface area contributed by atoms with E-state index in [-0.39, 0.29) is 29.2 Å². The van der Waals surface area contributed by atoms with Gasteiger partial charge >= 0.3 is 6.18 Å². The van der Waals surface area contributed by atoms with E-state index in [1.54, 1.807) is 49.4 Å². The highest BCUT2D eigenvalue weighted by molar-refractivity contribution is 6.04. The predicted molar refractivity (Wildman–Crippen MR) is 180 cm³/mol. The Morgan fingerprint density at radius 3 is 2.52 bits per heavy atom. The van der Waals surface area contributed by atoms with Crippen molar-refractivity contribution in [1.29, 1.82) is 0 Å². The summed E-state index contributed by atoms with van der Waals surface area (Å²) in [6.45, 7) is 0.974. The van der Waals surface area contributed by atoms with E-state index in [0.717, 1.165) is 59.8 Å². The van der Waals surface area contributed by atoms with Gasteiger partial charge in [0.15, 0.2) is 5.82 Å². The van der Waals surface area contributed by atoms with Gasteiger partial charge in [-0.1, -0.05) is 0 Å². The molecule has 2 aromatic carbocycles. The van der Waals surface area contributed by atoms with Crippen LogP contribution in [-0.2, 0) is 17.5 Å². The molecule has 2 N–H and O–H groups in total. The van der Waals surface area contributed by atoms with Gasteiger partial charge < -0.3 is 25.0 Å². The van der Waals surface area contributed by atoms with Crippen molar-refractivity contribution in [2.24, 2.45) is 0 Å². The highest BCUT2D eigenvalue weighted by atomic mass is 19.4. The number of alkyl halides is 3. The lowest BCUT2D eigenvalue weighted by molar-refractivity contribution is -0.137. The summed E-state index contributed by atoms with van der Waals surface area (Å²) < 4.78 is 52.3. The maximum absolute atomic E-state index is 13.2. The third-order valence-electron chi connectivity index (χ3n) is 9.37. The van der Waals surface area contributed by atoms with Gasteiger partial charge in [0, 0.05) is 66.4 Å². The van der Waals surface area contributed by atoms with Crippen molar-refractivity contribution in [2.45, 2.75) is 50.4 Å². The van der Waals surface area contributed by atoms with Gasteiger partial charge in [-0.2, -0.15) is 18.3 Å².